The van der Waals surface area contributed by atoms with Crippen LogP contribution in [-0.2, 0) is 0 Å². The van der Waals surface area contributed by atoms with E-state index in [1.165, 1.54) is 30.8 Å². The van der Waals surface area contributed by atoms with E-state index >= 15 is 0 Å². The molecule has 0 atom stereocenters. The maximum atomic E-state index is 3.16. The molecule has 0 amide bonds. The van der Waals surface area contributed by atoms with Crippen LogP contribution in [0.3, 0.4) is 0 Å². The summed E-state index contributed by atoms with van der Waals surface area (Å²) in [5.74, 6) is 2.60. The second-order valence-electron chi connectivity index (χ2n) is 2.12. The van der Waals surface area contributed by atoms with Crippen molar-refractivity contribution in [3.63, 3.8) is 0 Å². The maximum absolute atomic E-state index is 3.16. The van der Waals surface area contributed by atoms with Gasteiger partial charge in [-0.1, -0.05) is 0 Å². The highest BCUT2D eigenvalue weighted by Gasteiger charge is 1.88. The minimum atomic E-state index is 1.20. The van der Waals surface area contributed by atoms with Crippen molar-refractivity contribution >= 4 is 11.8 Å². The molecule has 0 aromatic heterocycles. The fourth-order valence-corrected chi connectivity index (χ4v) is 1.64. The third-order valence-electron chi connectivity index (χ3n) is 1.28. The van der Waals surface area contributed by atoms with Gasteiger partial charge in [0.05, 0.1) is 0 Å². The van der Waals surface area contributed by atoms with Crippen molar-refractivity contribution < 1.29 is 0 Å². The molecule has 9 heavy (non-hydrogen) atoms. The lowest BCUT2D eigenvalue weighted by Crippen LogP contribution is -1.79. The molecule has 0 N–H and O–H groups in total. The van der Waals surface area contributed by atoms with Gasteiger partial charge in [-0.05, 0) is 42.9 Å². The third-order valence-corrected chi connectivity index (χ3v) is 2.38. The van der Waals surface area contributed by atoms with Crippen molar-refractivity contribution in [2.24, 2.45) is 0 Å². The van der Waals surface area contributed by atoms with Crippen molar-refractivity contribution in [1.29, 1.82) is 0 Å². The van der Waals surface area contributed by atoms with Gasteiger partial charge in [-0.3, -0.25) is 0 Å². The Hall–Kier alpha value is -0.130. The third kappa shape index (κ3) is 3.45. The second kappa shape index (κ2) is 4.72. The zero-order valence-electron chi connectivity index (χ0n) is 5.60. The summed E-state index contributed by atoms with van der Waals surface area (Å²) in [6, 6.07) is 0. The van der Waals surface area contributed by atoms with Gasteiger partial charge in [-0.25, -0.2) is 0 Å². The zero-order chi connectivity index (χ0) is 6.36. The van der Waals surface area contributed by atoms with E-state index in [4.69, 9.17) is 0 Å². The van der Waals surface area contributed by atoms with Gasteiger partial charge in [-0.2, -0.15) is 11.8 Å². The van der Waals surface area contributed by atoms with Gasteiger partial charge in [-0.15, -0.1) is 5.73 Å². The summed E-state index contributed by atoms with van der Waals surface area (Å²) < 4.78 is 0. The minimum Gasteiger partial charge on any atom is -0.162 e. The Morgan fingerprint density at radius 1 is 1.11 bits per heavy atom. The van der Waals surface area contributed by atoms with E-state index in [9.17, 15) is 0 Å². The van der Waals surface area contributed by atoms with Crippen LogP contribution in [-0.4, -0.2) is 11.5 Å². The van der Waals surface area contributed by atoms with Crippen LogP contribution in [0.4, 0.5) is 0 Å². The van der Waals surface area contributed by atoms with Crippen LogP contribution in [0.1, 0.15) is 19.3 Å². The molecule has 0 radical (unpaired) electrons. The Balaban J connectivity index is 2.29. The average molecular weight is 140 g/mol. The first-order valence-electron chi connectivity index (χ1n) is 3.47. The van der Waals surface area contributed by atoms with Gasteiger partial charge < -0.3 is 0 Å². The average Bonchev–Trinajstić information content (AvgIpc) is 2.00. The molecular formula is C8H12S. The van der Waals surface area contributed by atoms with Crippen molar-refractivity contribution in [2.45, 2.75) is 19.3 Å². The minimum absolute atomic E-state index is 1.20. The van der Waals surface area contributed by atoms with Gasteiger partial charge in [0.25, 0.3) is 0 Å². The lowest BCUT2D eigenvalue weighted by molar-refractivity contribution is 0.974. The number of rotatable bonds is 0. The highest BCUT2D eigenvalue weighted by Crippen LogP contribution is 2.08. The van der Waals surface area contributed by atoms with Crippen LogP contribution < -0.4 is 0 Å². The molecule has 0 aromatic carbocycles. The summed E-state index contributed by atoms with van der Waals surface area (Å²) in [6.45, 7) is 0. The number of hydrogen-bond acceptors (Lipinski definition) is 1. The van der Waals surface area contributed by atoms with Gasteiger partial charge in [0, 0.05) is 0 Å². The summed E-state index contributed by atoms with van der Waals surface area (Å²) in [5, 5.41) is 0. The van der Waals surface area contributed by atoms with E-state index < -0.39 is 0 Å². The Bertz CT molecular complexity index is 109. The van der Waals surface area contributed by atoms with Crippen molar-refractivity contribution in [3.05, 3.63) is 17.9 Å². The highest BCUT2D eigenvalue weighted by atomic mass is 32.2. The topological polar surface area (TPSA) is 0 Å². The van der Waals surface area contributed by atoms with Crippen LogP contribution in [0, 0.1) is 0 Å². The lowest BCUT2D eigenvalue weighted by atomic mass is 10.3. The van der Waals surface area contributed by atoms with E-state index in [-0.39, 0.29) is 0 Å². The van der Waals surface area contributed by atoms with E-state index in [1.54, 1.807) is 0 Å². The van der Waals surface area contributed by atoms with Gasteiger partial charge in [0.1, 0.15) is 0 Å². The molecule has 0 nitrogen and oxygen atoms in total. The molecule has 0 aliphatic carbocycles. The standard InChI is InChI=1S/C8H12S/c1-2-4-6-8-9-7-5-3-1/h1,4H,3,5-8H2. The molecule has 0 unspecified atom stereocenters. The molecule has 1 rings (SSSR count). The van der Waals surface area contributed by atoms with Gasteiger partial charge in [0.2, 0.25) is 0 Å². The Morgan fingerprint density at radius 2 is 2.00 bits per heavy atom. The first kappa shape index (κ1) is 6.98. The van der Waals surface area contributed by atoms with Crippen molar-refractivity contribution in [3.8, 4) is 0 Å². The number of hydrogen-bond donors (Lipinski definition) is 0. The normalized spacial score (nSPS) is 20.4. The molecule has 0 aromatic rings. The predicted octanol–water partition coefficient (Wildman–Crippen LogP) is 2.61. The first-order chi connectivity index (χ1) is 4.50. The van der Waals surface area contributed by atoms with Crippen LogP contribution in [0.25, 0.3) is 0 Å². The second-order valence-corrected chi connectivity index (χ2v) is 3.34. The molecule has 1 aliphatic heterocycles. The molecule has 0 fully saturated rings. The zero-order valence-corrected chi connectivity index (χ0v) is 6.41. The van der Waals surface area contributed by atoms with Crippen molar-refractivity contribution in [1.82, 2.24) is 0 Å². The Morgan fingerprint density at radius 3 is 3.00 bits per heavy atom. The van der Waals surface area contributed by atoms with Gasteiger partial charge in [0.15, 0.2) is 0 Å². The molecule has 50 valence electrons. The number of allylic oxidation sites excluding steroid dienone is 1. The largest absolute Gasteiger partial charge is 0.162 e. The molecule has 0 saturated carbocycles. The highest BCUT2D eigenvalue weighted by molar-refractivity contribution is 7.99. The Labute approximate surface area is 61.0 Å². The van der Waals surface area contributed by atoms with Crippen LogP contribution >= 0.6 is 11.8 Å². The van der Waals surface area contributed by atoms with E-state index in [1.807, 2.05) is 0 Å². The first-order valence-corrected chi connectivity index (χ1v) is 4.63. The van der Waals surface area contributed by atoms with Crippen LogP contribution in [0.2, 0.25) is 0 Å². The van der Waals surface area contributed by atoms with Crippen LogP contribution in [0.15, 0.2) is 17.9 Å². The molecule has 0 saturated heterocycles. The summed E-state index contributed by atoms with van der Waals surface area (Å²) >= 11 is 2.05. The fourth-order valence-electron chi connectivity index (χ4n) is 0.782. The lowest BCUT2D eigenvalue weighted by Gasteiger charge is -1.93. The summed E-state index contributed by atoms with van der Waals surface area (Å²) in [6.07, 6.45) is 8.01. The van der Waals surface area contributed by atoms with Crippen molar-refractivity contribution in [2.75, 3.05) is 11.5 Å². The monoisotopic (exact) mass is 140 g/mol. The molecule has 1 heterocycles. The van der Waals surface area contributed by atoms with E-state index in [0.717, 1.165) is 0 Å². The summed E-state index contributed by atoms with van der Waals surface area (Å²) in [5.41, 5.74) is 3.16. The molecule has 1 heteroatoms. The SMILES string of the molecule is C1=CCCCSCCC=1. The van der Waals surface area contributed by atoms with E-state index in [0.29, 0.717) is 0 Å². The van der Waals surface area contributed by atoms with E-state index in [2.05, 4.69) is 29.6 Å². The maximum Gasteiger partial charge on any atom is -0.00268 e. The smallest absolute Gasteiger partial charge is 0.00268 e. The Kier molecular flexibility index (Phi) is 3.66. The molecular weight excluding hydrogens is 128 g/mol. The molecule has 0 spiro atoms. The quantitative estimate of drug-likeness (QED) is 0.466. The molecule has 0 bridgehead atoms. The van der Waals surface area contributed by atoms with Crippen LogP contribution in [0.5, 0.6) is 0 Å². The fraction of sp³-hybridized carbons (Fsp3) is 0.625. The summed E-state index contributed by atoms with van der Waals surface area (Å²) in [7, 11) is 0. The summed E-state index contributed by atoms with van der Waals surface area (Å²) in [4.78, 5) is 0. The predicted molar refractivity (Wildman–Crippen MR) is 43.8 cm³/mol. The number of thioether (sulfide) groups is 1. The van der Waals surface area contributed by atoms with Gasteiger partial charge >= 0.3 is 0 Å². The molecule has 1 aliphatic rings.